The first kappa shape index (κ1) is 20.8. The minimum Gasteiger partial charge on any atom is -0.302 e. The summed E-state index contributed by atoms with van der Waals surface area (Å²) in [7, 11) is -4.02. The molecule has 0 aliphatic carbocycles. The third kappa shape index (κ3) is 3.94. The van der Waals surface area contributed by atoms with Crippen LogP contribution in [0.4, 0.5) is 9.52 Å². The second-order valence-corrected chi connectivity index (χ2v) is 10.3. The highest BCUT2D eigenvalue weighted by molar-refractivity contribution is 7.89. The molecule has 7 nitrogen and oxygen atoms in total. The van der Waals surface area contributed by atoms with Crippen molar-refractivity contribution in [2.75, 3.05) is 18.4 Å². The van der Waals surface area contributed by atoms with Gasteiger partial charge in [0.2, 0.25) is 10.9 Å². The van der Waals surface area contributed by atoms with Gasteiger partial charge in [-0.2, -0.15) is 4.31 Å². The van der Waals surface area contributed by atoms with E-state index in [1.165, 1.54) is 27.9 Å². The Morgan fingerprint density at radius 1 is 1.27 bits per heavy atom. The van der Waals surface area contributed by atoms with E-state index in [0.29, 0.717) is 18.0 Å². The number of sulfonamides is 1. The molecule has 158 valence electrons. The molecule has 0 spiro atoms. The summed E-state index contributed by atoms with van der Waals surface area (Å²) in [6.07, 6.45) is 1.95. The maximum absolute atomic E-state index is 13.9. The second kappa shape index (κ2) is 8.01. The number of hydrogen-bond acceptors (Lipinski definition) is 6. The van der Waals surface area contributed by atoms with Crippen molar-refractivity contribution in [2.24, 2.45) is 5.92 Å². The molecule has 1 fully saturated rings. The van der Waals surface area contributed by atoms with Crippen molar-refractivity contribution in [1.82, 2.24) is 14.3 Å². The number of thiazole rings is 1. The molecule has 1 saturated heterocycles. The summed E-state index contributed by atoms with van der Waals surface area (Å²) in [5.74, 6) is -1.39. The fourth-order valence-electron chi connectivity index (χ4n) is 3.67. The standard InChI is InChI=1S/C20H21FN4O3S2/c1-12-10-13(2)17-16(11-12)29-20(23-17)24-18(26)14-5-8-25(9-6-14)30(27,28)19-15(21)4-3-7-22-19/h3-4,7,10-11,14H,5-6,8-9H2,1-2H3,(H,23,24,26). The van der Waals surface area contributed by atoms with Crippen LogP contribution in [0.1, 0.15) is 24.0 Å². The van der Waals surface area contributed by atoms with Crippen LogP contribution >= 0.6 is 11.3 Å². The Kier molecular flexibility index (Phi) is 5.56. The molecule has 4 rings (SSSR count). The lowest BCUT2D eigenvalue weighted by Gasteiger charge is -2.30. The zero-order valence-corrected chi connectivity index (χ0v) is 18.2. The van der Waals surface area contributed by atoms with Crippen molar-refractivity contribution < 1.29 is 17.6 Å². The number of hydrogen-bond donors (Lipinski definition) is 1. The molecule has 10 heteroatoms. The third-order valence-electron chi connectivity index (χ3n) is 5.19. The number of anilines is 1. The van der Waals surface area contributed by atoms with E-state index in [-0.39, 0.29) is 24.9 Å². The molecule has 0 bridgehead atoms. The van der Waals surface area contributed by atoms with E-state index < -0.39 is 20.9 Å². The van der Waals surface area contributed by atoms with E-state index in [1.54, 1.807) is 0 Å². The molecule has 30 heavy (non-hydrogen) atoms. The summed E-state index contributed by atoms with van der Waals surface area (Å²) in [4.78, 5) is 20.9. The Bertz CT molecular complexity index is 1220. The Balaban J connectivity index is 1.42. The average molecular weight is 449 g/mol. The summed E-state index contributed by atoms with van der Waals surface area (Å²) in [5.41, 5.74) is 3.07. The number of rotatable bonds is 4. The molecule has 0 radical (unpaired) electrons. The van der Waals surface area contributed by atoms with Crippen molar-refractivity contribution in [2.45, 2.75) is 31.7 Å². The summed E-state index contributed by atoms with van der Waals surface area (Å²) in [6, 6.07) is 6.50. The number of fused-ring (bicyclic) bond motifs is 1. The number of carbonyl (C=O) groups excluding carboxylic acids is 1. The number of amides is 1. The van der Waals surface area contributed by atoms with E-state index >= 15 is 0 Å². The Morgan fingerprint density at radius 3 is 2.70 bits per heavy atom. The maximum atomic E-state index is 13.9. The minimum atomic E-state index is -4.02. The second-order valence-electron chi connectivity index (χ2n) is 7.41. The zero-order chi connectivity index (χ0) is 21.5. The molecule has 0 saturated carbocycles. The fourth-order valence-corrected chi connectivity index (χ4v) is 6.16. The lowest BCUT2D eigenvalue weighted by Crippen LogP contribution is -2.41. The van der Waals surface area contributed by atoms with Gasteiger partial charge in [0.05, 0.1) is 10.2 Å². The Hall–Kier alpha value is -2.43. The van der Waals surface area contributed by atoms with Gasteiger partial charge in [0.15, 0.2) is 10.9 Å². The highest BCUT2D eigenvalue weighted by Gasteiger charge is 2.34. The number of carbonyl (C=O) groups is 1. The molecule has 0 unspecified atom stereocenters. The van der Waals surface area contributed by atoms with Crippen LogP contribution in [0.15, 0.2) is 35.5 Å². The molecule has 2 aromatic heterocycles. The maximum Gasteiger partial charge on any atom is 0.263 e. The van der Waals surface area contributed by atoms with Crippen LogP contribution in [-0.4, -0.2) is 41.7 Å². The zero-order valence-electron chi connectivity index (χ0n) is 16.6. The molecule has 1 N–H and O–H groups in total. The first-order valence-corrected chi connectivity index (χ1v) is 11.8. The van der Waals surface area contributed by atoms with Crippen LogP contribution in [0.2, 0.25) is 0 Å². The lowest BCUT2D eigenvalue weighted by molar-refractivity contribution is -0.120. The predicted octanol–water partition coefficient (Wildman–Crippen LogP) is 3.49. The number of nitrogens with one attached hydrogen (secondary N) is 1. The van der Waals surface area contributed by atoms with E-state index in [9.17, 15) is 17.6 Å². The van der Waals surface area contributed by atoms with E-state index in [4.69, 9.17) is 0 Å². The van der Waals surface area contributed by atoms with E-state index in [1.807, 2.05) is 26.0 Å². The van der Waals surface area contributed by atoms with Crippen molar-refractivity contribution in [3.63, 3.8) is 0 Å². The van der Waals surface area contributed by atoms with Crippen LogP contribution in [0.5, 0.6) is 0 Å². The largest absolute Gasteiger partial charge is 0.302 e. The van der Waals surface area contributed by atoms with Crippen LogP contribution in [-0.2, 0) is 14.8 Å². The molecule has 1 aromatic carbocycles. The molecule has 1 amide bonds. The van der Waals surface area contributed by atoms with Crippen molar-refractivity contribution >= 4 is 42.6 Å². The third-order valence-corrected chi connectivity index (χ3v) is 7.95. The number of aromatic nitrogens is 2. The van der Waals surface area contributed by atoms with Crippen LogP contribution in [0.25, 0.3) is 10.2 Å². The molecule has 3 aromatic rings. The topological polar surface area (TPSA) is 92.3 Å². The van der Waals surface area contributed by atoms with Gasteiger partial charge in [-0.15, -0.1) is 0 Å². The average Bonchev–Trinajstić information content (AvgIpc) is 3.11. The van der Waals surface area contributed by atoms with Gasteiger partial charge in [-0.05, 0) is 56.0 Å². The monoisotopic (exact) mass is 448 g/mol. The van der Waals surface area contributed by atoms with Gasteiger partial charge >= 0.3 is 0 Å². The molecular weight excluding hydrogens is 427 g/mol. The SMILES string of the molecule is Cc1cc(C)c2nc(NC(=O)C3CCN(S(=O)(=O)c4ncccc4F)CC3)sc2c1. The molecular formula is C20H21FN4O3S2. The molecule has 0 atom stereocenters. The van der Waals surface area contributed by atoms with Crippen LogP contribution in [0.3, 0.4) is 0 Å². The molecule has 1 aliphatic rings. The quantitative estimate of drug-likeness (QED) is 0.660. The highest BCUT2D eigenvalue weighted by Crippen LogP contribution is 2.31. The number of halogens is 1. The normalized spacial score (nSPS) is 16.1. The van der Waals surface area contributed by atoms with Crippen LogP contribution in [0, 0.1) is 25.6 Å². The van der Waals surface area contributed by atoms with Crippen molar-refractivity contribution in [3.8, 4) is 0 Å². The number of benzene rings is 1. The van der Waals surface area contributed by atoms with Crippen molar-refractivity contribution in [1.29, 1.82) is 0 Å². The smallest absolute Gasteiger partial charge is 0.263 e. The van der Waals surface area contributed by atoms with Crippen molar-refractivity contribution in [3.05, 3.63) is 47.4 Å². The van der Waals surface area contributed by atoms with Gasteiger partial charge in [0, 0.05) is 25.2 Å². The predicted molar refractivity (Wildman–Crippen MR) is 113 cm³/mol. The Labute approximate surface area is 178 Å². The highest BCUT2D eigenvalue weighted by atomic mass is 32.2. The van der Waals surface area contributed by atoms with Gasteiger partial charge < -0.3 is 5.32 Å². The summed E-state index contributed by atoms with van der Waals surface area (Å²) < 4.78 is 41.4. The van der Waals surface area contributed by atoms with Gasteiger partial charge in [-0.3, -0.25) is 4.79 Å². The van der Waals surface area contributed by atoms with Gasteiger partial charge in [-0.25, -0.2) is 22.8 Å². The van der Waals surface area contributed by atoms with Gasteiger partial charge in [0.25, 0.3) is 10.0 Å². The summed E-state index contributed by atoms with van der Waals surface area (Å²) in [5, 5.41) is 2.83. The van der Waals surface area contributed by atoms with Crippen LogP contribution < -0.4 is 5.32 Å². The lowest BCUT2D eigenvalue weighted by atomic mass is 9.97. The number of pyridine rings is 1. The summed E-state index contributed by atoms with van der Waals surface area (Å²) >= 11 is 1.42. The van der Waals surface area contributed by atoms with E-state index in [0.717, 1.165) is 27.4 Å². The number of piperidine rings is 1. The summed E-state index contributed by atoms with van der Waals surface area (Å²) in [6.45, 7) is 4.27. The fraction of sp³-hybridized carbons (Fsp3) is 0.350. The molecule has 3 heterocycles. The minimum absolute atomic E-state index is 0.134. The van der Waals surface area contributed by atoms with Gasteiger partial charge in [0.1, 0.15) is 0 Å². The first-order chi connectivity index (χ1) is 14.3. The first-order valence-electron chi connectivity index (χ1n) is 9.55. The Morgan fingerprint density at radius 2 is 2.00 bits per heavy atom. The molecule has 1 aliphatic heterocycles. The number of aryl methyl sites for hydroxylation is 2. The van der Waals surface area contributed by atoms with Gasteiger partial charge in [-0.1, -0.05) is 17.4 Å². The number of nitrogens with zero attached hydrogens (tertiary/aromatic N) is 3. The van der Waals surface area contributed by atoms with E-state index in [2.05, 4.69) is 15.3 Å².